The second-order valence-electron chi connectivity index (χ2n) is 6.48. The van der Waals surface area contributed by atoms with E-state index >= 15 is 0 Å². The third-order valence-electron chi connectivity index (χ3n) is 4.64. The van der Waals surface area contributed by atoms with E-state index in [2.05, 4.69) is 49.9 Å². The Morgan fingerprint density at radius 3 is 2.74 bits per heavy atom. The van der Waals surface area contributed by atoms with Crippen molar-refractivity contribution >= 4 is 44.3 Å². The molecule has 0 aliphatic rings. The number of imidazole rings is 1. The minimum atomic E-state index is 0.672. The summed E-state index contributed by atoms with van der Waals surface area (Å²) < 4.78 is 13.8. The number of aryl methyl sites for hydroxylation is 2. The van der Waals surface area contributed by atoms with E-state index in [9.17, 15) is 0 Å². The van der Waals surface area contributed by atoms with Gasteiger partial charge in [0.05, 0.1) is 36.1 Å². The van der Waals surface area contributed by atoms with Gasteiger partial charge in [-0.2, -0.15) is 0 Å². The highest BCUT2D eigenvalue weighted by Gasteiger charge is 2.16. The molecule has 2 aromatic carbocycles. The van der Waals surface area contributed by atoms with E-state index in [-0.39, 0.29) is 0 Å². The summed E-state index contributed by atoms with van der Waals surface area (Å²) in [6, 6.07) is 10.2. The number of para-hydroxylation sites is 1. The molecule has 0 saturated heterocycles. The van der Waals surface area contributed by atoms with Gasteiger partial charge in [-0.05, 0) is 36.8 Å². The Morgan fingerprint density at radius 2 is 2.04 bits per heavy atom. The van der Waals surface area contributed by atoms with Gasteiger partial charge >= 0.3 is 0 Å². The van der Waals surface area contributed by atoms with Gasteiger partial charge in [0.25, 0.3) is 0 Å². The smallest absolute Gasteiger partial charge is 0.208 e. The largest absolute Gasteiger partial charge is 0.495 e. The van der Waals surface area contributed by atoms with E-state index in [0.29, 0.717) is 6.61 Å². The van der Waals surface area contributed by atoms with Crippen LogP contribution in [-0.2, 0) is 11.8 Å². The third kappa shape index (κ3) is 3.89. The molecule has 0 fully saturated rings. The first kappa shape index (κ1) is 19.5. The monoisotopic (exact) mass is 432 g/mol. The molecule has 0 aliphatic carbocycles. The summed E-state index contributed by atoms with van der Waals surface area (Å²) in [6.45, 7) is 3.52. The summed E-state index contributed by atoms with van der Waals surface area (Å²) in [6.07, 6.45) is 0. The normalized spacial score (nSPS) is 11.0. The van der Waals surface area contributed by atoms with Crippen LogP contribution in [0.15, 0.2) is 34.8 Å². The number of benzene rings is 2. The molecule has 1 heterocycles. The van der Waals surface area contributed by atoms with Crippen LogP contribution in [0.3, 0.4) is 0 Å². The van der Waals surface area contributed by atoms with Crippen LogP contribution in [0.2, 0.25) is 0 Å². The molecule has 0 unspecified atom stereocenters. The van der Waals surface area contributed by atoms with Crippen molar-refractivity contribution < 1.29 is 9.47 Å². The highest BCUT2D eigenvalue weighted by Crippen LogP contribution is 2.35. The van der Waals surface area contributed by atoms with E-state index in [1.165, 1.54) is 0 Å². The maximum absolute atomic E-state index is 5.55. The van der Waals surface area contributed by atoms with Crippen molar-refractivity contribution in [2.24, 2.45) is 7.05 Å². The molecule has 3 rings (SSSR count). The second kappa shape index (κ2) is 8.19. The van der Waals surface area contributed by atoms with Gasteiger partial charge in [-0.15, -0.1) is 0 Å². The minimum absolute atomic E-state index is 0.672. The van der Waals surface area contributed by atoms with Gasteiger partial charge in [0, 0.05) is 32.2 Å². The SMILES string of the molecule is COCCN(C)c1cccc2nc(Nc3c(C)cc(Br)cc3OC)n(C)c12. The number of halogens is 1. The number of likely N-dealkylation sites (N-methyl/N-ethyl adjacent to an activating group) is 1. The Hall–Kier alpha value is -2.25. The van der Waals surface area contributed by atoms with Crippen LogP contribution in [0.1, 0.15) is 5.56 Å². The van der Waals surface area contributed by atoms with E-state index in [1.54, 1.807) is 14.2 Å². The van der Waals surface area contributed by atoms with Crippen LogP contribution in [0.25, 0.3) is 11.0 Å². The van der Waals surface area contributed by atoms with Crippen LogP contribution in [0, 0.1) is 6.92 Å². The molecule has 0 spiro atoms. The van der Waals surface area contributed by atoms with Gasteiger partial charge in [-0.1, -0.05) is 22.0 Å². The Bertz CT molecular complexity index is 955. The Labute approximate surface area is 168 Å². The highest BCUT2D eigenvalue weighted by molar-refractivity contribution is 9.10. The van der Waals surface area contributed by atoms with Crippen molar-refractivity contribution in [1.82, 2.24) is 9.55 Å². The number of hydrogen-bond donors (Lipinski definition) is 1. The fraction of sp³-hybridized carbons (Fsp3) is 0.350. The Balaban J connectivity index is 2.04. The zero-order valence-corrected chi connectivity index (χ0v) is 17.9. The standard InChI is InChI=1S/C20H25BrN4O2/c1-13-11-14(21)12-17(27-5)18(13)23-20-22-15-7-6-8-16(19(15)25(20)3)24(2)9-10-26-4/h6-8,11-12H,9-10H2,1-5H3,(H,22,23). The average Bonchev–Trinajstić information content (AvgIpc) is 2.97. The number of methoxy groups -OCH3 is 2. The summed E-state index contributed by atoms with van der Waals surface area (Å²) >= 11 is 3.52. The van der Waals surface area contributed by atoms with Crippen molar-refractivity contribution in [3.63, 3.8) is 0 Å². The highest BCUT2D eigenvalue weighted by atomic mass is 79.9. The molecule has 7 heteroatoms. The summed E-state index contributed by atoms with van der Waals surface area (Å²) in [5, 5.41) is 3.45. The Morgan fingerprint density at radius 1 is 1.26 bits per heavy atom. The summed E-state index contributed by atoms with van der Waals surface area (Å²) in [5.74, 6) is 1.53. The first-order chi connectivity index (χ1) is 13.0. The number of hydrogen-bond acceptors (Lipinski definition) is 5. The summed E-state index contributed by atoms with van der Waals surface area (Å²) in [4.78, 5) is 6.98. The molecule has 144 valence electrons. The predicted molar refractivity (Wildman–Crippen MR) is 115 cm³/mol. The van der Waals surface area contributed by atoms with Gasteiger partial charge in [0.15, 0.2) is 0 Å². The summed E-state index contributed by atoms with van der Waals surface area (Å²) in [5.41, 5.74) is 5.12. The van der Waals surface area contributed by atoms with Crippen LogP contribution >= 0.6 is 15.9 Å². The first-order valence-corrected chi connectivity index (χ1v) is 9.52. The van der Waals surface area contributed by atoms with E-state index < -0.39 is 0 Å². The van der Waals surface area contributed by atoms with Crippen LogP contribution in [0.4, 0.5) is 17.3 Å². The first-order valence-electron chi connectivity index (χ1n) is 8.73. The second-order valence-corrected chi connectivity index (χ2v) is 7.39. The van der Waals surface area contributed by atoms with Gasteiger partial charge in [0.2, 0.25) is 5.95 Å². The van der Waals surface area contributed by atoms with Gasteiger partial charge in [-0.25, -0.2) is 4.98 Å². The zero-order chi connectivity index (χ0) is 19.6. The molecule has 0 amide bonds. The molecule has 3 aromatic rings. The minimum Gasteiger partial charge on any atom is -0.495 e. The maximum atomic E-state index is 5.55. The van der Waals surface area contributed by atoms with Crippen LogP contribution < -0.4 is 15.0 Å². The maximum Gasteiger partial charge on any atom is 0.208 e. The van der Waals surface area contributed by atoms with Gasteiger partial charge in [0.1, 0.15) is 5.75 Å². The fourth-order valence-electron chi connectivity index (χ4n) is 3.16. The lowest BCUT2D eigenvalue weighted by atomic mass is 10.2. The Kier molecular flexibility index (Phi) is 5.92. The number of ether oxygens (including phenoxy) is 2. The van der Waals surface area contributed by atoms with E-state index in [0.717, 1.165) is 50.7 Å². The number of nitrogens with zero attached hydrogens (tertiary/aromatic N) is 3. The number of rotatable bonds is 7. The number of fused-ring (bicyclic) bond motifs is 1. The molecule has 0 saturated carbocycles. The topological polar surface area (TPSA) is 51.6 Å². The van der Waals surface area contributed by atoms with Crippen LogP contribution in [0.5, 0.6) is 5.75 Å². The van der Waals surface area contributed by atoms with Crippen molar-refractivity contribution in [2.45, 2.75) is 6.92 Å². The molecule has 0 atom stereocenters. The molecular weight excluding hydrogens is 408 g/mol. The average molecular weight is 433 g/mol. The summed E-state index contributed by atoms with van der Waals surface area (Å²) in [7, 11) is 7.47. The van der Waals surface area contributed by atoms with Crippen molar-refractivity contribution in [3.05, 3.63) is 40.4 Å². The third-order valence-corrected chi connectivity index (χ3v) is 5.09. The molecule has 27 heavy (non-hydrogen) atoms. The van der Waals surface area contributed by atoms with Crippen molar-refractivity contribution in [2.75, 3.05) is 44.6 Å². The lowest BCUT2D eigenvalue weighted by Gasteiger charge is -2.20. The molecular formula is C20H25BrN4O2. The van der Waals surface area contributed by atoms with E-state index in [4.69, 9.17) is 14.5 Å². The molecule has 0 radical (unpaired) electrons. The number of nitrogens with one attached hydrogen (secondary N) is 1. The fourth-order valence-corrected chi connectivity index (χ4v) is 3.71. The van der Waals surface area contributed by atoms with Gasteiger partial charge < -0.3 is 24.3 Å². The lowest BCUT2D eigenvalue weighted by molar-refractivity contribution is 0.206. The predicted octanol–water partition coefficient (Wildman–Crippen LogP) is 4.48. The lowest BCUT2D eigenvalue weighted by Crippen LogP contribution is -2.22. The van der Waals surface area contributed by atoms with E-state index in [1.807, 2.05) is 32.2 Å². The zero-order valence-electron chi connectivity index (χ0n) is 16.3. The van der Waals surface area contributed by atoms with Gasteiger partial charge in [-0.3, -0.25) is 0 Å². The number of anilines is 3. The number of aromatic nitrogens is 2. The molecule has 0 bridgehead atoms. The molecule has 1 aromatic heterocycles. The quantitative estimate of drug-likeness (QED) is 0.596. The molecule has 1 N–H and O–H groups in total. The van der Waals surface area contributed by atoms with Crippen molar-refractivity contribution in [1.29, 1.82) is 0 Å². The van der Waals surface area contributed by atoms with Crippen molar-refractivity contribution in [3.8, 4) is 5.75 Å². The van der Waals surface area contributed by atoms with Crippen LogP contribution in [-0.4, -0.2) is 44.0 Å². The molecule has 0 aliphatic heterocycles. The molecule has 6 nitrogen and oxygen atoms in total.